The van der Waals surface area contributed by atoms with Gasteiger partial charge in [-0.3, -0.25) is 4.79 Å². The van der Waals surface area contributed by atoms with Gasteiger partial charge in [0.1, 0.15) is 11.4 Å². The maximum Gasteiger partial charge on any atom is 0.254 e. The maximum atomic E-state index is 13.6. The Bertz CT molecular complexity index is 863. The number of likely N-dealkylation sites (tertiary alicyclic amines) is 1. The topological polar surface area (TPSA) is 53.3 Å². The molecule has 0 bridgehead atoms. The van der Waals surface area contributed by atoms with Crippen LogP contribution in [-0.4, -0.2) is 30.5 Å². The summed E-state index contributed by atoms with van der Waals surface area (Å²) in [6.07, 6.45) is 2.43. The van der Waals surface area contributed by atoms with Gasteiger partial charge in [-0.25, -0.2) is 4.39 Å². The van der Waals surface area contributed by atoms with Crippen LogP contribution in [0.4, 0.5) is 4.39 Å². The minimum atomic E-state index is -0.560. The maximum absolute atomic E-state index is 13.6. The molecule has 1 amide bonds. The molecule has 6 heteroatoms. The fourth-order valence-corrected chi connectivity index (χ4v) is 4.92. The van der Waals surface area contributed by atoms with Gasteiger partial charge in [0.2, 0.25) is 0 Å². The molecule has 4 rings (SSSR count). The van der Waals surface area contributed by atoms with E-state index in [9.17, 15) is 9.18 Å². The Morgan fingerprint density at radius 1 is 1.32 bits per heavy atom. The molecule has 3 heterocycles. The van der Waals surface area contributed by atoms with Gasteiger partial charge in [0, 0.05) is 23.5 Å². The summed E-state index contributed by atoms with van der Waals surface area (Å²) in [5.74, 6) is -0.789. The molecule has 128 valence electrons. The third kappa shape index (κ3) is 2.84. The van der Waals surface area contributed by atoms with Crippen molar-refractivity contribution in [3.8, 4) is 6.07 Å². The summed E-state index contributed by atoms with van der Waals surface area (Å²) in [5, 5.41) is 11.1. The van der Waals surface area contributed by atoms with Crippen LogP contribution in [0.25, 0.3) is 0 Å². The monoisotopic (exact) mass is 356 g/mol. The molecule has 2 aromatic rings. The van der Waals surface area contributed by atoms with Crippen molar-refractivity contribution in [2.45, 2.75) is 24.9 Å². The second-order valence-electron chi connectivity index (χ2n) is 6.50. The number of fused-ring (bicyclic) bond motifs is 2. The van der Waals surface area contributed by atoms with E-state index in [1.807, 2.05) is 6.07 Å². The molecule has 0 atom stereocenters. The van der Waals surface area contributed by atoms with Gasteiger partial charge < -0.3 is 9.64 Å². The van der Waals surface area contributed by atoms with E-state index < -0.39 is 5.82 Å². The van der Waals surface area contributed by atoms with Crippen LogP contribution in [0.3, 0.4) is 0 Å². The molecule has 1 spiro atoms. The molecular weight excluding hydrogens is 339 g/mol. The van der Waals surface area contributed by atoms with Crippen LogP contribution in [0.15, 0.2) is 29.6 Å². The number of benzene rings is 1. The van der Waals surface area contributed by atoms with Crippen molar-refractivity contribution in [1.29, 1.82) is 5.26 Å². The highest BCUT2D eigenvalue weighted by Crippen LogP contribution is 2.44. The Balaban J connectivity index is 1.53. The molecule has 0 radical (unpaired) electrons. The molecule has 1 saturated heterocycles. The fourth-order valence-electron chi connectivity index (χ4n) is 3.76. The second-order valence-corrected chi connectivity index (χ2v) is 7.42. The number of nitriles is 1. The molecular formula is C19H17FN2O2S. The van der Waals surface area contributed by atoms with Crippen molar-refractivity contribution in [2.75, 3.05) is 19.7 Å². The first kappa shape index (κ1) is 16.2. The molecule has 0 aliphatic carbocycles. The van der Waals surface area contributed by atoms with Gasteiger partial charge in [-0.2, -0.15) is 5.26 Å². The lowest BCUT2D eigenvalue weighted by Crippen LogP contribution is -2.47. The molecule has 2 aliphatic rings. The molecule has 0 unspecified atom stereocenters. The highest BCUT2D eigenvalue weighted by Gasteiger charge is 2.42. The van der Waals surface area contributed by atoms with Crippen LogP contribution < -0.4 is 0 Å². The van der Waals surface area contributed by atoms with Crippen LogP contribution in [0.5, 0.6) is 0 Å². The van der Waals surface area contributed by atoms with E-state index in [1.54, 1.807) is 16.2 Å². The molecule has 25 heavy (non-hydrogen) atoms. The Morgan fingerprint density at radius 3 is 2.88 bits per heavy atom. The summed E-state index contributed by atoms with van der Waals surface area (Å²) >= 11 is 1.73. The van der Waals surface area contributed by atoms with E-state index in [0.29, 0.717) is 19.7 Å². The smallest absolute Gasteiger partial charge is 0.254 e. The predicted molar refractivity (Wildman–Crippen MR) is 91.9 cm³/mol. The first-order valence-corrected chi connectivity index (χ1v) is 9.20. The van der Waals surface area contributed by atoms with Crippen molar-refractivity contribution < 1.29 is 13.9 Å². The first-order chi connectivity index (χ1) is 12.1. The van der Waals surface area contributed by atoms with E-state index in [-0.39, 0.29) is 22.6 Å². The van der Waals surface area contributed by atoms with Crippen LogP contribution >= 0.6 is 11.3 Å². The lowest BCUT2D eigenvalue weighted by molar-refractivity contribution is -0.0906. The molecule has 1 aromatic heterocycles. The van der Waals surface area contributed by atoms with E-state index in [1.165, 1.54) is 22.6 Å². The van der Waals surface area contributed by atoms with E-state index >= 15 is 0 Å². The lowest BCUT2D eigenvalue weighted by atomic mass is 9.85. The highest BCUT2D eigenvalue weighted by molar-refractivity contribution is 7.10. The molecule has 0 saturated carbocycles. The quantitative estimate of drug-likeness (QED) is 0.786. The zero-order valence-corrected chi connectivity index (χ0v) is 14.4. The van der Waals surface area contributed by atoms with Crippen LogP contribution in [0, 0.1) is 17.1 Å². The van der Waals surface area contributed by atoms with Gasteiger partial charge in [-0.1, -0.05) is 0 Å². The number of hydrogen-bond donors (Lipinski definition) is 0. The Morgan fingerprint density at radius 2 is 2.12 bits per heavy atom. The van der Waals surface area contributed by atoms with Gasteiger partial charge in [0.15, 0.2) is 0 Å². The van der Waals surface area contributed by atoms with Gasteiger partial charge in [0.25, 0.3) is 5.91 Å². The van der Waals surface area contributed by atoms with Crippen LogP contribution in [-0.2, 0) is 16.8 Å². The zero-order valence-electron chi connectivity index (χ0n) is 13.6. The van der Waals surface area contributed by atoms with Crippen molar-refractivity contribution in [3.63, 3.8) is 0 Å². The normalized spacial score (nSPS) is 18.6. The number of halogens is 1. The molecule has 4 nitrogen and oxygen atoms in total. The summed E-state index contributed by atoms with van der Waals surface area (Å²) in [6.45, 7) is 1.84. The number of ether oxygens (including phenoxy) is 1. The Kier molecular flexibility index (Phi) is 4.06. The van der Waals surface area contributed by atoms with Crippen molar-refractivity contribution in [2.24, 2.45) is 0 Å². The Labute approximate surface area is 149 Å². The number of nitrogens with zero attached hydrogens (tertiary/aromatic N) is 2. The highest BCUT2D eigenvalue weighted by atomic mass is 32.1. The van der Waals surface area contributed by atoms with Crippen molar-refractivity contribution in [3.05, 3.63) is 57.0 Å². The number of hydrogen-bond acceptors (Lipinski definition) is 4. The van der Waals surface area contributed by atoms with Crippen LogP contribution in [0.2, 0.25) is 0 Å². The SMILES string of the molecule is N#Cc1cc(F)cc(C(=O)N2CCC3(CC2)OCCc2ccsc23)c1. The summed E-state index contributed by atoms with van der Waals surface area (Å²) in [7, 11) is 0. The molecule has 2 aliphatic heterocycles. The summed E-state index contributed by atoms with van der Waals surface area (Å²) in [6, 6.07) is 7.84. The van der Waals surface area contributed by atoms with Gasteiger partial charge >= 0.3 is 0 Å². The summed E-state index contributed by atoms with van der Waals surface area (Å²) < 4.78 is 19.8. The molecule has 1 fully saturated rings. The van der Waals surface area contributed by atoms with Gasteiger partial charge in [0.05, 0.1) is 18.2 Å². The van der Waals surface area contributed by atoms with E-state index in [0.717, 1.165) is 25.3 Å². The number of thiophene rings is 1. The number of carbonyl (C=O) groups excluding carboxylic acids is 1. The first-order valence-electron chi connectivity index (χ1n) is 8.32. The third-order valence-electron chi connectivity index (χ3n) is 5.04. The number of piperidine rings is 1. The largest absolute Gasteiger partial charge is 0.369 e. The standard InChI is InChI=1S/C19H17FN2O2S/c20-16-10-13(12-21)9-15(11-16)18(23)22-5-3-19(4-6-22)17-14(1-7-24-19)2-8-25-17/h2,8-11H,1,3-7H2. The minimum absolute atomic E-state index is 0.163. The lowest BCUT2D eigenvalue weighted by Gasteiger charge is -2.43. The number of carbonyl (C=O) groups is 1. The average molecular weight is 356 g/mol. The van der Waals surface area contributed by atoms with E-state index in [2.05, 4.69) is 11.4 Å². The summed E-state index contributed by atoms with van der Waals surface area (Å²) in [4.78, 5) is 15.7. The molecule has 0 N–H and O–H groups in total. The third-order valence-corrected chi connectivity index (χ3v) is 6.18. The van der Waals surface area contributed by atoms with Gasteiger partial charge in [-0.15, -0.1) is 11.3 Å². The minimum Gasteiger partial charge on any atom is -0.369 e. The fraction of sp³-hybridized carbons (Fsp3) is 0.368. The van der Waals surface area contributed by atoms with E-state index in [4.69, 9.17) is 10.00 Å². The summed E-state index contributed by atoms with van der Waals surface area (Å²) in [5.41, 5.74) is 1.47. The zero-order chi connectivity index (χ0) is 17.4. The second kappa shape index (κ2) is 6.25. The number of rotatable bonds is 1. The Hall–Kier alpha value is -2.23. The number of amides is 1. The molecule has 1 aromatic carbocycles. The average Bonchev–Trinajstić information content (AvgIpc) is 3.12. The van der Waals surface area contributed by atoms with Crippen molar-refractivity contribution >= 4 is 17.2 Å². The van der Waals surface area contributed by atoms with Gasteiger partial charge in [-0.05, 0) is 54.5 Å². The predicted octanol–water partition coefficient (Wildman–Crippen LogP) is 3.46. The van der Waals surface area contributed by atoms with Crippen molar-refractivity contribution in [1.82, 2.24) is 4.90 Å². The van der Waals surface area contributed by atoms with Crippen LogP contribution in [0.1, 0.15) is 39.2 Å².